The number of rotatable bonds is 2. The third-order valence-corrected chi connectivity index (χ3v) is 4.14. The summed E-state index contributed by atoms with van der Waals surface area (Å²) in [7, 11) is 0. The van der Waals surface area contributed by atoms with Crippen molar-refractivity contribution in [1.82, 2.24) is 20.2 Å². The standard InChI is InChI=1S/C13H14FN5O/c14-7-1-3-9(10(15)5-7)13-16-17-18-19(13)11-6-8-2-4-12(11)20-8/h1,3,5,8,11-12H,2,4,6,15H2. The van der Waals surface area contributed by atoms with Crippen LogP contribution >= 0.6 is 0 Å². The molecule has 0 aliphatic carbocycles. The van der Waals surface area contributed by atoms with Crippen LogP contribution in [0.5, 0.6) is 0 Å². The third kappa shape index (κ3) is 1.70. The second-order valence-corrected chi connectivity index (χ2v) is 5.36. The highest BCUT2D eigenvalue weighted by Gasteiger charge is 2.43. The van der Waals surface area contributed by atoms with Gasteiger partial charge in [0.15, 0.2) is 5.82 Å². The molecule has 2 N–H and O–H groups in total. The summed E-state index contributed by atoms with van der Waals surface area (Å²) in [5, 5.41) is 11.9. The van der Waals surface area contributed by atoms with Gasteiger partial charge >= 0.3 is 0 Å². The van der Waals surface area contributed by atoms with Gasteiger partial charge < -0.3 is 10.5 Å². The molecular weight excluding hydrogens is 261 g/mol. The summed E-state index contributed by atoms with van der Waals surface area (Å²) in [6.45, 7) is 0. The fourth-order valence-electron chi connectivity index (χ4n) is 3.20. The number of aromatic nitrogens is 4. The molecule has 2 saturated heterocycles. The van der Waals surface area contributed by atoms with Crippen molar-refractivity contribution >= 4 is 5.69 Å². The second-order valence-electron chi connectivity index (χ2n) is 5.36. The molecule has 3 atom stereocenters. The largest absolute Gasteiger partial charge is 0.398 e. The van der Waals surface area contributed by atoms with Crippen molar-refractivity contribution in [1.29, 1.82) is 0 Å². The number of anilines is 1. The Labute approximate surface area is 114 Å². The van der Waals surface area contributed by atoms with Gasteiger partial charge in [-0.2, -0.15) is 0 Å². The summed E-state index contributed by atoms with van der Waals surface area (Å²) < 4.78 is 20.8. The zero-order valence-electron chi connectivity index (χ0n) is 10.7. The number of hydrogen-bond donors (Lipinski definition) is 1. The van der Waals surface area contributed by atoms with Crippen LogP contribution in [0.3, 0.4) is 0 Å². The van der Waals surface area contributed by atoms with Crippen molar-refractivity contribution in [3.63, 3.8) is 0 Å². The molecule has 6 nitrogen and oxygen atoms in total. The number of benzene rings is 1. The van der Waals surface area contributed by atoms with Crippen LogP contribution in [-0.4, -0.2) is 32.4 Å². The van der Waals surface area contributed by atoms with E-state index in [4.69, 9.17) is 10.5 Å². The molecule has 3 unspecified atom stereocenters. The Morgan fingerprint density at radius 2 is 2.25 bits per heavy atom. The lowest BCUT2D eigenvalue weighted by molar-refractivity contribution is 0.0922. The fraction of sp³-hybridized carbons (Fsp3) is 0.462. The highest BCUT2D eigenvalue weighted by molar-refractivity contribution is 5.71. The molecular formula is C13H14FN5O. The summed E-state index contributed by atoms with van der Waals surface area (Å²) in [5.41, 5.74) is 6.87. The summed E-state index contributed by atoms with van der Waals surface area (Å²) in [4.78, 5) is 0. The van der Waals surface area contributed by atoms with Crippen LogP contribution < -0.4 is 5.73 Å². The van der Waals surface area contributed by atoms with E-state index in [2.05, 4.69) is 15.5 Å². The van der Waals surface area contributed by atoms with Crippen molar-refractivity contribution in [3.05, 3.63) is 24.0 Å². The maximum absolute atomic E-state index is 13.2. The lowest BCUT2D eigenvalue weighted by Gasteiger charge is -2.19. The van der Waals surface area contributed by atoms with Crippen LogP contribution in [0.15, 0.2) is 18.2 Å². The Morgan fingerprint density at radius 1 is 1.35 bits per heavy atom. The van der Waals surface area contributed by atoms with Crippen LogP contribution in [-0.2, 0) is 4.74 Å². The van der Waals surface area contributed by atoms with Gasteiger partial charge in [0.1, 0.15) is 5.82 Å². The predicted molar refractivity (Wildman–Crippen MR) is 69.2 cm³/mol. The number of nitrogen functional groups attached to an aromatic ring is 1. The van der Waals surface area contributed by atoms with E-state index >= 15 is 0 Å². The molecule has 4 rings (SSSR count). The maximum Gasteiger partial charge on any atom is 0.184 e. The minimum absolute atomic E-state index is 0.142. The van der Waals surface area contributed by atoms with Crippen LogP contribution in [0, 0.1) is 5.82 Å². The number of fused-ring (bicyclic) bond motifs is 2. The monoisotopic (exact) mass is 275 g/mol. The minimum atomic E-state index is -0.367. The molecule has 2 fully saturated rings. The topological polar surface area (TPSA) is 78.9 Å². The van der Waals surface area contributed by atoms with Gasteiger partial charge in [-0.25, -0.2) is 9.07 Å². The molecule has 0 saturated carbocycles. The Bertz CT molecular complexity index is 658. The molecule has 0 radical (unpaired) electrons. The zero-order valence-corrected chi connectivity index (χ0v) is 10.7. The maximum atomic E-state index is 13.2. The van der Waals surface area contributed by atoms with Gasteiger partial charge in [0, 0.05) is 11.3 Å². The smallest absolute Gasteiger partial charge is 0.184 e. The van der Waals surface area contributed by atoms with Gasteiger partial charge in [0.05, 0.1) is 18.2 Å². The van der Waals surface area contributed by atoms with Crippen LogP contribution in [0.1, 0.15) is 25.3 Å². The molecule has 7 heteroatoms. The van der Waals surface area contributed by atoms with Gasteiger partial charge in [0.25, 0.3) is 0 Å². The zero-order chi connectivity index (χ0) is 13.7. The van der Waals surface area contributed by atoms with E-state index < -0.39 is 0 Å². The lowest BCUT2D eigenvalue weighted by atomic mass is 9.95. The average molecular weight is 275 g/mol. The van der Waals surface area contributed by atoms with Gasteiger partial charge in [-0.1, -0.05) is 0 Å². The molecule has 2 aliphatic heterocycles. The number of nitrogens with two attached hydrogens (primary N) is 1. The lowest BCUT2D eigenvalue weighted by Crippen LogP contribution is -2.23. The van der Waals surface area contributed by atoms with Crippen LogP contribution in [0.4, 0.5) is 10.1 Å². The molecule has 1 aromatic carbocycles. The van der Waals surface area contributed by atoms with E-state index in [0.29, 0.717) is 23.2 Å². The van der Waals surface area contributed by atoms with E-state index in [1.807, 2.05) is 0 Å². The number of halogens is 1. The molecule has 2 aliphatic rings. The number of ether oxygens (including phenoxy) is 1. The summed E-state index contributed by atoms with van der Waals surface area (Å²) in [6.07, 6.45) is 3.55. The first kappa shape index (κ1) is 11.8. The Hall–Kier alpha value is -2.02. The van der Waals surface area contributed by atoms with E-state index in [1.165, 1.54) is 12.1 Å². The number of nitrogens with zero attached hydrogens (tertiary/aromatic N) is 4. The predicted octanol–water partition coefficient (Wildman–Crippen LogP) is 1.55. The molecule has 1 aromatic heterocycles. The average Bonchev–Trinajstić information content (AvgIpc) is 3.14. The Morgan fingerprint density at radius 3 is 2.95 bits per heavy atom. The van der Waals surface area contributed by atoms with Gasteiger partial charge in [-0.15, -0.1) is 5.10 Å². The minimum Gasteiger partial charge on any atom is -0.398 e. The highest BCUT2D eigenvalue weighted by atomic mass is 19.1. The summed E-state index contributed by atoms with van der Waals surface area (Å²) in [5.74, 6) is 0.206. The molecule has 0 spiro atoms. The highest BCUT2D eigenvalue weighted by Crippen LogP contribution is 2.42. The van der Waals surface area contributed by atoms with Gasteiger partial charge in [-0.3, -0.25) is 0 Å². The molecule has 0 amide bonds. The fourth-order valence-corrected chi connectivity index (χ4v) is 3.20. The van der Waals surface area contributed by atoms with Gasteiger partial charge in [-0.05, 0) is 47.9 Å². The number of hydrogen-bond acceptors (Lipinski definition) is 5. The molecule has 104 valence electrons. The van der Waals surface area contributed by atoms with E-state index in [9.17, 15) is 4.39 Å². The first-order valence-electron chi connectivity index (χ1n) is 6.71. The van der Waals surface area contributed by atoms with Crippen molar-refractivity contribution in [3.8, 4) is 11.4 Å². The molecule has 2 aromatic rings. The van der Waals surface area contributed by atoms with Crippen molar-refractivity contribution in [2.75, 3.05) is 5.73 Å². The Balaban J connectivity index is 1.75. The van der Waals surface area contributed by atoms with Crippen LogP contribution in [0.25, 0.3) is 11.4 Å². The van der Waals surface area contributed by atoms with E-state index in [0.717, 1.165) is 19.3 Å². The molecule has 20 heavy (non-hydrogen) atoms. The van der Waals surface area contributed by atoms with Gasteiger partial charge in [0.2, 0.25) is 0 Å². The number of tetrazole rings is 1. The first-order chi connectivity index (χ1) is 9.72. The molecule has 2 bridgehead atoms. The summed E-state index contributed by atoms with van der Waals surface area (Å²) >= 11 is 0. The van der Waals surface area contributed by atoms with E-state index in [1.54, 1.807) is 10.7 Å². The third-order valence-electron chi connectivity index (χ3n) is 4.14. The van der Waals surface area contributed by atoms with Crippen LogP contribution in [0.2, 0.25) is 0 Å². The first-order valence-corrected chi connectivity index (χ1v) is 6.71. The quantitative estimate of drug-likeness (QED) is 0.841. The molecule has 3 heterocycles. The van der Waals surface area contributed by atoms with Crippen molar-refractivity contribution in [2.45, 2.75) is 37.5 Å². The van der Waals surface area contributed by atoms with Crippen molar-refractivity contribution < 1.29 is 9.13 Å². The Kier molecular flexibility index (Phi) is 2.50. The van der Waals surface area contributed by atoms with Crippen molar-refractivity contribution in [2.24, 2.45) is 0 Å². The second kappa shape index (κ2) is 4.24. The normalized spacial score (nSPS) is 28.1. The SMILES string of the molecule is Nc1cc(F)ccc1-c1nnnn1C1CC2CCC1O2. The van der Waals surface area contributed by atoms with E-state index in [-0.39, 0.29) is 18.0 Å². The summed E-state index contributed by atoms with van der Waals surface area (Å²) in [6, 6.07) is 4.40.